The Labute approximate surface area is 158 Å². The Kier molecular flexibility index (Phi) is 4.50. The molecule has 1 aliphatic carbocycles. The molecule has 2 aromatic rings. The van der Waals surface area contributed by atoms with Crippen LogP contribution in [0.1, 0.15) is 48.2 Å². The Morgan fingerprint density at radius 1 is 1.26 bits per heavy atom. The van der Waals surface area contributed by atoms with Crippen LogP contribution in [0.4, 0.5) is 0 Å². The number of amides is 1. The van der Waals surface area contributed by atoms with Gasteiger partial charge in [-0.3, -0.25) is 14.3 Å². The molecular formula is C21H25N3O3. The average Bonchev–Trinajstić information content (AvgIpc) is 3.33. The minimum absolute atomic E-state index is 0.0221. The lowest BCUT2D eigenvalue weighted by Gasteiger charge is -2.38. The van der Waals surface area contributed by atoms with Gasteiger partial charge in [0, 0.05) is 25.8 Å². The SMILES string of the molecule is CCn1ccc(C(=O)N2C[C@@H]3CC(c4ccccc4)CC[C@]3(C(=O)O)C2)n1. The number of carbonyl (C=O) groups excluding carboxylic acids is 1. The van der Waals surface area contributed by atoms with Gasteiger partial charge in [0.2, 0.25) is 0 Å². The van der Waals surface area contributed by atoms with Crippen LogP contribution in [0.15, 0.2) is 42.6 Å². The van der Waals surface area contributed by atoms with E-state index in [0.29, 0.717) is 31.1 Å². The van der Waals surface area contributed by atoms with Gasteiger partial charge in [0.25, 0.3) is 5.91 Å². The number of carbonyl (C=O) groups is 2. The van der Waals surface area contributed by atoms with Crippen molar-refractivity contribution in [1.82, 2.24) is 14.7 Å². The summed E-state index contributed by atoms with van der Waals surface area (Å²) in [5.74, 6) is -0.592. The van der Waals surface area contributed by atoms with Gasteiger partial charge in [0.05, 0.1) is 5.41 Å². The summed E-state index contributed by atoms with van der Waals surface area (Å²) in [5.41, 5.74) is 0.840. The number of nitrogens with zero attached hydrogens (tertiary/aromatic N) is 3. The normalized spacial score (nSPS) is 27.4. The molecule has 1 aliphatic heterocycles. The van der Waals surface area contributed by atoms with Crippen molar-refractivity contribution in [3.05, 3.63) is 53.9 Å². The van der Waals surface area contributed by atoms with Crippen LogP contribution < -0.4 is 0 Å². The fourth-order valence-electron chi connectivity index (χ4n) is 4.80. The molecule has 142 valence electrons. The Morgan fingerprint density at radius 3 is 2.70 bits per heavy atom. The molecule has 1 amide bonds. The molecule has 2 fully saturated rings. The first-order valence-corrected chi connectivity index (χ1v) is 9.64. The number of aliphatic carboxylic acids is 1. The second-order valence-electron chi connectivity index (χ2n) is 7.78. The summed E-state index contributed by atoms with van der Waals surface area (Å²) in [6.07, 6.45) is 4.05. The number of carboxylic acids is 1. The zero-order valence-electron chi connectivity index (χ0n) is 15.5. The molecule has 0 radical (unpaired) electrons. The molecule has 1 saturated heterocycles. The zero-order chi connectivity index (χ0) is 19.0. The van der Waals surface area contributed by atoms with E-state index in [-0.39, 0.29) is 18.4 Å². The maximum Gasteiger partial charge on any atom is 0.311 e. The van der Waals surface area contributed by atoms with Crippen molar-refractivity contribution in [3.63, 3.8) is 0 Å². The van der Waals surface area contributed by atoms with Crippen molar-refractivity contribution in [2.24, 2.45) is 11.3 Å². The largest absolute Gasteiger partial charge is 0.481 e. The maximum absolute atomic E-state index is 12.9. The van der Waals surface area contributed by atoms with Crippen LogP contribution >= 0.6 is 0 Å². The maximum atomic E-state index is 12.9. The molecule has 2 heterocycles. The highest BCUT2D eigenvalue weighted by molar-refractivity contribution is 5.93. The van der Waals surface area contributed by atoms with Gasteiger partial charge in [-0.15, -0.1) is 0 Å². The summed E-state index contributed by atoms with van der Waals surface area (Å²) >= 11 is 0. The fourth-order valence-corrected chi connectivity index (χ4v) is 4.80. The fraction of sp³-hybridized carbons (Fsp3) is 0.476. The van der Waals surface area contributed by atoms with Gasteiger partial charge in [0.15, 0.2) is 0 Å². The van der Waals surface area contributed by atoms with Gasteiger partial charge in [-0.1, -0.05) is 30.3 Å². The number of carboxylic acid groups (broad SMARTS) is 1. The first-order chi connectivity index (χ1) is 13.0. The molecule has 1 N–H and O–H groups in total. The van der Waals surface area contributed by atoms with E-state index < -0.39 is 11.4 Å². The smallest absolute Gasteiger partial charge is 0.311 e. The number of aryl methyl sites for hydroxylation is 1. The van der Waals surface area contributed by atoms with E-state index in [4.69, 9.17) is 0 Å². The molecule has 2 aliphatic rings. The molecular weight excluding hydrogens is 342 g/mol. The van der Waals surface area contributed by atoms with Crippen LogP contribution in [0.3, 0.4) is 0 Å². The minimum atomic E-state index is -0.825. The van der Waals surface area contributed by atoms with Gasteiger partial charge in [-0.2, -0.15) is 5.10 Å². The summed E-state index contributed by atoms with van der Waals surface area (Å²) < 4.78 is 1.72. The van der Waals surface area contributed by atoms with E-state index in [1.54, 1.807) is 21.8 Å². The predicted molar refractivity (Wildman–Crippen MR) is 100 cm³/mol. The highest BCUT2D eigenvalue weighted by Crippen LogP contribution is 2.51. The summed E-state index contributed by atoms with van der Waals surface area (Å²) in [4.78, 5) is 26.8. The molecule has 0 bridgehead atoms. The molecule has 6 heteroatoms. The number of hydrogen-bond acceptors (Lipinski definition) is 3. The molecule has 1 aromatic heterocycles. The number of aromatic nitrogens is 2. The van der Waals surface area contributed by atoms with Crippen LogP contribution in [0.25, 0.3) is 0 Å². The number of benzene rings is 1. The summed E-state index contributed by atoms with van der Waals surface area (Å²) in [7, 11) is 0. The van der Waals surface area contributed by atoms with Gasteiger partial charge in [-0.05, 0) is 49.7 Å². The molecule has 4 rings (SSSR count). The van der Waals surface area contributed by atoms with Crippen LogP contribution in [-0.4, -0.2) is 44.8 Å². The molecule has 1 unspecified atom stereocenters. The Morgan fingerprint density at radius 2 is 2.04 bits per heavy atom. The predicted octanol–water partition coefficient (Wildman–Crippen LogP) is 3.01. The zero-order valence-corrected chi connectivity index (χ0v) is 15.5. The van der Waals surface area contributed by atoms with Gasteiger partial charge >= 0.3 is 5.97 Å². The Bertz CT molecular complexity index is 847. The van der Waals surface area contributed by atoms with E-state index in [2.05, 4.69) is 17.2 Å². The molecule has 0 spiro atoms. The highest BCUT2D eigenvalue weighted by atomic mass is 16.4. The van der Waals surface area contributed by atoms with Crippen molar-refractivity contribution >= 4 is 11.9 Å². The third-order valence-corrected chi connectivity index (χ3v) is 6.37. The van der Waals surface area contributed by atoms with Gasteiger partial charge in [-0.25, -0.2) is 0 Å². The third kappa shape index (κ3) is 3.03. The number of hydrogen-bond donors (Lipinski definition) is 1. The Hall–Kier alpha value is -2.63. The van der Waals surface area contributed by atoms with Gasteiger partial charge in [0.1, 0.15) is 5.69 Å². The van der Waals surface area contributed by atoms with E-state index in [0.717, 1.165) is 12.8 Å². The molecule has 1 aromatic carbocycles. The van der Waals surface area contributed by atoms with E-state index in [1.807, 2.05) is 25.1 Å². The number of fused-ring (bicyclic) bond motifs is 1. The van der Waals surface area contributed by atoms with E-state index in [1.165, 1.54) is 5.56 Å². The molecule has 3 atom stereocenters. The quantitative estimate of drug-likeness (QED) is 0.901. The van der Waals surface area contributed by atoms with Crippen LogP contribution in [0.5, 0.6) is 0 Å². The minimum Gasteiger partial charge on any atom is -0.481 e. The lowest BCUT2D eigenvalue weighted by atomic mass is 9.64. The van der Waals surface area contributed by atoms with Crippen molar-refractivity contribution < 1.29 is 14.7 Å². The second kappa shape index (κ2) is 6.83. The van der Waals surface area contributed by atoms with Gasteiger partial charge < -0.3 is 10.0 Å². The van der Waals surface area contributed by atoms with Crippen molar-refractivity contribution in [1.29, 1.82) is 0 Å². The van der Waals surface area contributed by atoms with Crippen LogP contribution in [0.2, 0.25) is 0 Å². The average molecular weight is 367 g/mol. The molecule has 6 nitrogen and oxygen atoms in total. The van der Waals surface area contributed by atoms with Crippen LogP contribution in [-0.2, 0) is 11.3 Å². The summed E-state index contributed by atoms with van der Waals surface area (Å²) in [5, 5.41) is 14.3. The lowest BCUT2D eigenvalue weighted by Crippen LogP contribution is -2.43. The highest BCUT2D eigenvalue weighted by Gasteiger charge is 2.56. The topological polar surface area (TPSA) is 75.4 Å². The summed E-state index contributed by atoms with van der Waals surface area (Å²) in [6, 6.07) is 12.0. The lowest BCUT2D eigenvalue weighted by molar-refractivity contribution is -0.152. The van der Waals surface area contributed by atoms with E-state index >= 15 is 0 Å². The van der Waals surface area contributed by atoms with Crippen LogP contribution in [0, 0.1) is 11.3 Å². The number of rotatable bonds is 4. The Balaban J connectivity index is 1.56. The molecule has 27 heavy (non-hydrogen) atoms. The monoisotopic (exact) mass is 367 g/mol. The van der Waals surface area contributed by atoms with E-state index in [9.17, 15) is 14.7 Å². The standard InChI is InChI=1S/C21H25N3O3/c1-2-24-11-9-18(22-24)19(25)23-13-17-12-16(15-6-4-3-5-7-15)8-10-21(17,14-23)20(26)27/h3-7,9,11,16-17H,2,8,10,12-14H2,1H3,(H,26,27)/t16?,17-,21-/m0/s1. The van der Waals surface area contributed by atoms with Crippen molar-refractivity contribution in [2.45, 2.75) is 38.6 Å². The second-order valence-corrected chi connectivity index (χ2v) is 7.78. The summed E-state index contributed by atoms with van der Waals surface area (Å²) in [6.45, 7) is 3.45. The first kappa shape index (κ1) is 17.8. The number of likely N-dealkylation sites (tertiary alicyclic amines) is 1. The third-order valence-electron chi connectivity index (χ3n) is 6.37. The molecule has 1 saturated carbocycles. The first-order valence-electron chi connectivity index (χ1n) is 9.64. The van der Waals surface area contributed by atoms with Crippen molar-refractivity contribution in [3.8, 4) is 0 Å². The van der Waals surface area contributed by atoms with Crippen molar-refractivity contribution in [2.75, 3.05) is 13.1 Å².